The number of hydrogen-bond donors (Lipinski definition) is 2. The van der Waals surface area contributed by atoms with Crippen LogP contribution in [0.15, 0.2) is 42.5 Å². The first-order valence-electron chi connectivity index (χ1n) is 10.6. The molecule has 1 saturated heterocycles. The fourth-order valence-electron chi connectivity index (χ4n) is 3.37. The Morgan fingerprint density at radius 1 is 1.00 bits per heavy atom. The summed E-state index contributed by atoms with van der Waals surface area (Å²) in [4.78, 5) is 60.9. The molecule has 1 heterocycles. The third-order valence-corrected chi connectivity index (χ3v) is 5.21. The number of nitrogens with one attached hydrogen (secondary N) is 2. The molecule has 3 rings (SSSR count). The van der Waals surface area contributed by atoms with Crippen LogP contribution >= 0.6 is 0 Å². The molecule has 35 heavy (non-hydrogen) atoms. The van der Waals surface area contributed by atoms with Crippen LogP contribution in [0, 0.1) is 5.92 Å². The number of esters is 1. The highest BCUT2D eigenvalue weighted by Gasteiger charge is 2.36. The van der Waals surface area contributed by atoms with Gasteiger partial charge in [0.2, 0.25) is 5.91 Å². The molecule has 2 N–H and O–H groups in total. The number of benzene rings is 2. The van der Waals surface area contributed by atoms with Crippen molar-refractivity contribution in [1.82, 2.24) is 10.4 Å². The molecule has 1 aliphatic rings. The summed E-state index contributed by atoms with van der Waals surface area (Å²) >= 11 is 0. The van der Waals surface area contributed by atoms with E-state index in [-0.39, 0.29) is 24.3 Å². The van der Waals surface area contributed by atoms with Crippen molar-refractivity contribution in [2.75, 3.05) is 32.7 Å². The van der Waals surface area contributed by atoms with Crippen LogP contribution in [0.5, 0.6) is 11.5 Å². The van der Waals surface area contributed by atoms with Crippen LogP contribution in [0.4, 0.5) is 5.69 Å². The van der Waals surface area contributed by atoms with E-state index in [1.54, 1.807) is 24.3 Å². The van der Waals surface area contributed by atoms with E-state index >= 15 is 0 Å². The first-order chi connectivity index (χ1) is 16.7. The molecule has 184 valence electrons. The SMILES string of the molecule is COc1cc(OC)cc(C(=O)NN2C[C@@H](C(=O)OCC(=O)Nc3cccc(C(C)=O)c3)CC2=O)c1. The Morgan fingerprint density at radius 3 is 2.31 bits per heavy atom. The number of ketones is 1. The molecule has 1 aliphatic heterocycles. The van der Waals surface area contributed by atoms with E-state index in [0.717, 1.165) is 5.01 Å². The number of Topliss-reactive ketones (excluding diaryl/α,β-unsaturated/α-hetero) is 1. The highest BCUT2D eigenvalue weighted by Crippen LogP contribution is 2.23. The summed E-state index contributed by atoms with van der Waals surface area (Å²) in [7, 11) is 2.89. The number of amides is 3. The minimum absolute atomic E-state index is 0.104. The van der Waals surface area contributed by atoms with Crippen LogP contribution in [0.1, 0.15) is 34.1 Å². The number of rotatable bonds is 9. The quantitative estimate of drug-likeness (QED) is 0.405. The molecule has 3 amide bonds. The maximum Gasteiger partial charge on any atom is 0.311 e. The van der Waals surface area contributed by atoms with Crippen molar-refractivity contribution >= 4 is 35.2 Å². The van der Waals surface area contributed by atoms with Crippen molar-refractivity contribution in [3.8, 4) is 11.5 Å². The lowest BCUT2D eigenvalue weighted by atomic mass is 10.1. The van der Waals surface area contributed by atoms with Crippen molar-refractivity contribution in [3.05, 3.63) is 53.6 Å². The van der Waals surface area contributed by atoms with Gasteiger partial charge in [-0.1, -0.05) is 12.1 Å². The van der Waals surface area contributed by atoms with Crippen molar-refractivity contribution < 1.29 is 38.2 Å². The minimum Gasteiger partial charge on any atom is -0.497 e. The predicted octanol–water partition coefficient (Wildman–Crippen LogP) is 1.58. The van der Waals surface area contributed by atoms with Crippen molar-refractivity contribution in [2.45, 2.75) is 13.3 Å². The van der Waals surface area contributed by atoms with Gasteiger partial charge >= 0.3 is 5.97 Å². The van der Waals surface area contributed by atoms with E-state index in [0.29, 0.717) is 22.7 Å². The second-order valence-corrected chi connectivity index (χ2v) is 7.74. The Bertz CT molecular complexity index is 1140. The molecule has 0 spiro atoms. The molecule has 1 atom stereocenters. The number of carbonyl (C=O) groups excluding carboxylic acids is 5. The second-order valence-electron chi connectivity index (χ2n) is 7.74. The van der Waals surface area contributed by atoms with E-state index in [4.69, 9.17) is 14.2 Å². The van der Waals surface area contributed by atoms with Gasteiger partial charge in [-0.05, 0) is 31.2 Å². The standard InChI is InChI=1S/C24H25N3O8/c1-14(28)15-5-4-6-18(7-15)25-21(29)13-35-24(32)17-10-22(30)27(12-17)26-23(31)16-8-19(33-2)11-20(9-16)34-3/h4-9,11,17H,10,12-13H2,1-3H3,(H,25,29)(H,26,31)/t17-/m0/s1. The Labute approximate surface area is 201 Å². The molecule has 2 aromatic rings. The van der Waals surface area contributed by atoms with Gasteiger partial charge in [0.15, 0.2) is 12.4 Å². The highest BCUT2D eigenvalue weighted by atomic mass is 16.5. The van der Waals surface area contributed by atoms with Crippen molar-refractivity contribution in [3.63, 3.8) is 0 Å². The minimum atomic E-state index is -0.850. The molecule has 0 radical (unpaired) electrons. The Hall–Kier alpha value is -4.41. The normalized spacial score (nSPS) is 14.8. The first-order valence-corrected chi connectivity index (χ1v) is 10.6. The average Bonchev–Trinajstić information content (AvgIpc) is 3.22. The Kier molecular flexibility index (Phi) is 8.03. The summed E-state index contributed by atoms with van der Waals surface area (Å²) < 4.78 is 15.3. The average molecular weight is 483 g/mol. The summed E-state index contributed by atoms with van der Waals surface area (Å²) in [5.41, 5.74) is 3.48. The molecular weight excluding hydrogens is 458 g/mol. The largest absolute Gasteiger partial charge is 0.497 e. The zero-order valence-electron chi connectivity index (χ0n) is 19.5. The van der Waals surface area contributed by atoms with Crippen LogP contribution in [-0.2, 0) is 19.1 Å². The predicted molar refractivity (Wildman–Crippen MR) is 123 cm³/mol. The van der Waals surface area contributed by atoms with Gasteiger partial charge in [0, 0.05) is 29.3 Å². The highest BCUT2D eigenvalue weighted by molar-refractivity contribution is 5.98. The van der Waals surface area contributed by atoms with Crippen LogP contribution in [0.25, 0.3) is 0 Å². The lowest BCUT2D eigenvalue weighted by Gasteiger charge is -2.18. The van der Waals surface area contributed by atoms with Gasteiger partial charge in [0.05, 0.1) is 26.7 Å². The summed E-state index contributed by atoms with van der Waals surface area (Å²) in [5, 5.41) is 3.58. The number of carbonyl (C=O) groups is 5. The lowest BCUT2D eigenvalue weighted by Crippen LogP contribution is -2.43. The third kappa shape index (κ3) is 6.56. The van der Waals surface area contributed by atoms with Crippen molar-refractivity contribution in [1.29, 1.82) is 0 Å². The van der Waals surface area contributed by atoms with Crippen molar-refractivity contribution in [2.24, 2.45) is 5.92 Å². The second kappa shape index (κ2) is 11.1. The van der Waals surface area contributed by atoms with Gasteiger partial charge in [0.1, 0.15) is 11.5 Å². The molecule has 11 heteroatoms. The zero-order valence-corrected chi connectivity index (χ0v) is 19.5. The molecule has 0 bridgehead atoms. The van der Waals surface area contributed by atoms with Crippen LogP contribution in [0.2, 0.25) is 0 Å². The maximum atomic E-state index is 12.6. The van der Waals surface area contributed by atoms with Gasteiger partial charge in [-0.3, -0.25) is 34.4 Å². The summed E-state index contributed by atoms with van der Waals surface area (Å²) in [5.74, 6) is -2.61. The zero-order chi connectivity index (χ0) is 25.5. The monoisotopic (exact) mass is 483 g/mol. The number of anilines is 1. The smallest absolute Gasteiger partial charge is 0.311 e. The Balaban J connectivity index is 1.52. The number of ether oxygens (including phenoxy) is 3. The molecule has 0 saturated carbocycles. The molecule has 0 unspecified atom stereocenters. The van der Waals surface area contributed by atoms with Crippen LogP contribution < -0.4 is 20.2 Å². The molecule has 1 fully saturated rings. The topological polar surface area (TPSA) is 140 Å². The molecule has 0 aliphatic carbocycles. The number of methoxy groups -OCH3 is 2. The number of hydrogen-bond acceptors (Lipinski definition) is 8. The van der Waals surface area contributed by atoms with Gasteiger partial charge < -0.3 is 19.5 Å². The van der Waals surface area contributed by atoms with E-state index in [9.17, 15) is 24.0 Å². The first kappa shape index (κ1) is 25.2. The fraction of sp³-hybridized carbons (Fsp3) is 0.292. The molecule has 2 aromatic carbocycles. The number of hydrazine groups is 1. The summed E-state index contributed by atoms with van der Waals surface area (Å²) in [6.45, 7) is 0.738. The van der Waals surface area contributed by atoms with E-state index in [2.05, 4.69) is 10.7 Å². The summed E-state index contributed by atoms with van der Waals surface area (Å²) in [6, 6.07) is 10.9. The lowest BCUT2D eigenvalue weighted by molar-refractivity contribution is -0.151. The van der Waals surface area contributed by atoms with Gasteiger partial charge in [-0.15, -0.1) is 0 Å². The van der Waals surface area contributed by atoms with Gasteiger partial charge in [0.25, 0.3) is 11.8 Å². The molecular formula is C24H25N3O8. The van der Waals surface area contributed by atoms with Crippen LogP contribution in [0.3, 0.4) is 0 Å². The van der Waals surface area contributed by atoms with E-state index < -0.39 is 36.2 Å². The van der Waals surface area contributed by atoms with E-state index in [1.165, 1.54) is 39.3 Å². The maximum absolute atomic E-state index is 12.6. The van der Waals surface area contributed by atoms with Gasteiger partial charge in [-0.2, -0.15) is 0 Å². The third-order valence-electron chi connectivity index (χ3n) is 5.21. The van der Waals surface area contributed by atoms with Crippen LogP contribution in [-0.4, -0.2) is 61.9 Å². The molecule has 11 nitrogen and oxygen atoms in total. The Morgan fingerprint density at radius 2 is 1.69 bits per heavy atom. The van der Waals surface area contributed by atoms with E-state index in [1.807, 2.05) is 0 Å². The molecule has 0 aromatic heterocycles. The number of nitrogens with zero attached hydrogens (tertiary/aromatic N) is 1. The van der Waals surface area contributed by atoms with Gasteiger partial charge in [-0.25, -0.2) is 0 Å². The fourth-order valence-corrected chi connectivity index (χ4v) is 3.37. The summed E-state index contributed by atoms with van der Waals surface area (Å²) in [6.07, 6.45) is -0.178.